The van der Waals surface area contributed by atoms with Gasteiger partial charge in [0.2, 0.25) is 0 Å². The van der Waals surface area contributed by atoms with Crippen LogP contribution < -0.4 is 14.8 Å². The van der Waals surface area contributed by atoms with Gasteiger partial charge in [0, 0.05) is 25.3 Å². The van der Waals surface area contributed by atoms with Crippen LogP contribution in [0.3, 0.4) is 0 Å². The van der Waals surface area contributed by atoms with Crippen LogP contribution in [0.5, 0.6) is 11.5 Å². The molecule has 0 radical (unpaired) electrons. The van der Waals surface area contributed by atoms with Gasteiger partial charge in [0.15, 0.2) is 0 Å². The Bertz CT molecular complexity index is 380. The third-order valence-electron chi connectivity index (χ3n) is 3.07. The fraction of sp³-hybridized carbons (Fsp3) is 0.625. The first-order valence-electron chi connectivity index (χ1n) is 7.16. The van der Waals surface area contributed by atoms with E-state index in [1.165, 1.54) is 0 Å². The molecule has 0 atom stereocenters. The SMILES string of the molecule is COc1ccc(OC)c(CNCCOCCC(C)C)c1. The molecule has 0 aliphatic heterocycles. The predicted octanol–water partition coefficient (Wildman–Crippen LogP) is 2.86. The van der Waals surface area contributed by atoms with Crippen molar-refractivity contribution in [2.45, 2.75) is 26.8 Å². The summed E-state index contributed by atoms with van der Waals surface area (Å²) in [4.78, 5) is 0. The summed E-state index contributed by atoms with van der Waals surface area (Å²) in [6.45, 7) is 7.56. The molecule has 0 aliphatic rings. The molecule has 0 saturated heterocycles. The first kappa shape index (κ1) is 16.8. The second kappa shape index (κ2) is 9.61. The maximum Gasteiger partial charge on any atom is 0.123 e. The smallest absolute Gasteiger partial charge is 0.123 e. The molecular formula is C16H27NO3. The largest absolute Gasteiger partial charge is 0.497 e. The predicted molar refractivity (Wildman–Crippen MR) is 81.5 cm³/mol. The van der Waals surface area contributed by atoms with Gasteiger partial charge in [-0.1, -0.05) is 13.8 Å². The topological polar surface area (TPSA) is 39.7 Å². The van der Waals surface area contributed by atoms with E-state index < -0.39 is 0 Å². The van der Waals surface area contributed by atoms with Gasteiger partial charge < -0.3 is 19.5 Å². The van der Waals surface area contributed by atoms with E-state index >= 15 is 0 Å². The van der Waals surface area contributed by atoms with Crippen LogP contribution in [0.15, 0.2) is 18.2 Å². The Hall–Kier alpha value is -1.26. The van der Waals surface area contributed by atoms with Crippen molar-refractivity contribution < 1.29 is 14.2 Å². The van der Waals surface area contributed by atoms with Crippen molar-refractivity contribution in [2.75, 3.05) is 34.0 Å². The van der Waals surface area contributed by atoms with Crippen molar-refractivity contribution >= 4 is 0 Å². The van der Waals surface area contributed by atoms with E-state index in [-0.39, 0.29) is 0 Å². The molecule has 0 heterocycles. The highest BCUT2D eigenvalue weighted by molar-refractivity contribution is 5.40. The summed E-state index contributed by atoms with van der Waals surface area (Å²) in [5, 5.41) is 3.36. The molecule has 0 bridgehead atoms. The maximum atomic E-state index is 5.57. The van der Waals surface area contributed by atoms with Gasteiger partial charge in [0.25, 0.3) is 0 Å². The molecule has 0 aromatic heterocycles. The van der Waals surface area contributed by atoms with Crippen molar-refractivity contribution in [1.82, 2.24) is 5.32 Å². The first-order valence-corrected chi connectivity index (χ1v) is 7.16. The van der Waals surface area contributed by atoms with Crippen molar-refractivity contribution in [2.24, 2.45) is 5.92 Å². The van der Waals surface area contributed by atoms with Gasteiger partial charge in [0.1, 0.15) is 11.5 Å². The molecule has 1 aromatic carbocycles. The molecular weight excluding hydrogens is 254 g/mol. The molecule has 4 heteroatoms. The van der Waals surface area contributed by atoms with E-state index in [9.17, 15) is 0 Å². The zero-order chi connectivity index (χ0) is 14.8. The summed E-state index contributed by atoms with van der Waals surface area (Å²) < 4.78 is 16.1. The van der Waals surface area contributed by atoms with E-state index in [4.69, 9.17) is 14.2 Å². The Labute approximate surface area is 122 Å². The molecule has 0 amide bonds. The van der Waals surface area contributed by atoms with Crippen molar-refractivity contribution in [3.63, 3.8) is 0 Å². The van der Waals surface area contributed by atoms with Crippen molar-refractivity contribution in [1.29, 1.82) is 0 Å². The highest BCUT2D eigenvalue weighted by atomic mass is 16.5. The van der Waals surface area contributed by atoms with Gasteiger partial charge in [0.05, 0.1) is 20.8 Å². The summed E-state index contributed by atoms with van der Waals surface area (Å²) in [7, 11) is 3.35. The zero-order valence-corrected chi connectivity index (χ0v) is 13.1. The van der Waals surface area contributed by atoms with Gasteiger partial charge in [-0.25, -0.2) is 0 Å². The number of benzene rings is 1. The van der Waals surface area contributed by atoms with Gasteiger partial charge in [-0.05, 0) is 30.5 Å². The standard InChI is InChI=1S/C16H27NO3/c1-13(2)7-9-20-10-8-17-12-14-11-15(18-3)5-6-16(14)19-4/h5-6,11,13,17H,7-10,12H2,1-4H3. The van der Waals surface area contributed by atoms with E-state index in [0.717, 1.165) is 49.8 Å². The molecule has 1 aromatic rings. The minimum absolute atomic E-state index is 0.698. The highest BCUT2D eigenvalue weighted by Crippen LogP contribution is 2.23. The fourth-order valence-corrected chi connectivity index (χ4v) is 1.81. The molecule has 0 spiro atoms. The van der Waals surface area contributed by atoms with Crippen LogP contribution in [0, 0.1) is 5.92 Å². The molecule has 1 rings (SSSR count). The second-order valence-electron chi connectivity index (χ2n) is 5.15. The Morgan fingerprint density at radius 3 is 2.55 bits per heavy atom. The lowest BCUT2D eigenvalue weighted by molar-refractivity contribution is 0.125. The van der Waals surface area contributed by atoms with Gasteiger partial charge >= 0.3 is 0 Å². The Morgan fingerprint density at radius 2 is 1.90 bits per heavy atom. The van der Waals surface area contributed by atoms with Crippen LogP contribution in [-0.4, -0.2) is 34.0 Å². The summed E-state index contributed by atoms with van der Waals surface area (Å²) in [5.74, 6) is 2.42. The Balaban J connectivity index is 2.27. The highest BCUT2D eigenvalue weighted by Gasteiger charge is 2.04. The molecule has 0 unspecified atom stereocenters. The van der Waals surface area contributed by atoms with Crippen LogP contribution >= 0.6 is 0 Å². The Kier molecular flexibility index (Phi) is 8.07. The van der Waals surface area contributed by atoms with E-state index in [1.54, 1.807) is 14.2 Å². The summed E-state index contributed by atoms with van der Waals surface area (Å²) >= 11 is 0. The van der Waals surface area contributed by atoms with Gasteiger partial charge in [-0.15, -0.1) is 0 Å². The molecule has 4 nitrogen and oxygen atoms in total. The fourth-order valence-electron chi connectivity index (χ4n) is 1.81. The number of hydrogen-bond donors (Lipinski definition) is 1. The lowest BCUT2D eigenvalue weighted by atomic mass is 10.1. The Morgan fingerprint density at radius 1 is 1.10 bits per heavy atom. The van der Waals surface area contributed by atoms with Crippen LogP contribution in [0.1, 0.15) is 25.8 Å². The van der Waals surface area contributed by atoms with Crippen molar-refractivity contribution in [3.05, 3.63) is 23.8 Å². The minimum atomic E-state index is 0.698. The second-order valence-corrected chi connectivity index (χ2v) is 5.15. The molecule has 0 saturated carbocycles. The summed E-state index contributed by atoms with van der Waals surface area (Å²) in [6, 6.07) is 5.82. The van der Waals surface area contributed by atoms with Gasteiger partial charge in [-0.3, -0.25) is 0 Å². The summed E-state index contributed by atoms with van der Waals surface area (Å²) in [5.41, 5.74) is 1.09. The normalized spacial score (nSPS) is 10.8. The van der Waals surface area contributed by atoms with E-state index in [1.807, 2.05) is 18.2 Å². The molecule has 0 aliphatic carbocycles. The lowest BCUT2D eigenvalue weighted by Gasteiger charge is -2.12. The third-order valence-corrected chi connectivity index (χ3v) is 3.07. The monoisotopic (exact) mass is 281 g/mol. The summed E-state index contributed by atoms with van der Waals surface area (Å²) in [6.07, 6.45) is 1.11. The first-order chi connectivity index (χ1) is 9.67. The molecule has 0 fully saturated rings. The van der Waals surface area contributed by atoms with Gasteiger partial charge in [-0.2, -0.15) is 0 Å². The van der Waals surface area contributed by atoms with Crippen LogP contribution in [0.25, 0.3) is 0 Å². The van der Waals surface area contributed by atoms with Crippen LogP contribution in [0.4, 0.5) is 0 Å². The lowest BCUT2D eigenvalue weighted by Crippen LogP contribution is -2.20. The van der Waals surface area contributed by atoms with Crippen LogP contribution in [-0.2, 0) is 11.3 Å². The molecule has 20 heavy (non-hydrogen) atoms. The third kappa shape index (κ3) is 6.26. The quantitative estimate of drug-likeness (QED) is 0.669. The molecule has 1 N–H and O–H groups in total. The number of methoxy groups -OCH3 is 2. The van der Waals surface area contributed by atoms with Crippen LogP contribution in [0.2, 0.25) is 0 Å². The minimum Gasteiger partial charge on any atom is -0.497 e. The average molecular weight is 281 g/mol. The number of nitrogens with one attached hydrogen (secondary N) is 1. The average Bonchev–Trinajstić information content (AvgIpc) is 2.45. The van der Waals surface area contributed by atoms with E-state index in [0.29, 0.717) is 5.92 Å². The number of ether oxygens (including phenoxy) is 3. The zero-order valence-electron chi connectivity index (χ0n) is 13.1. The van der Waals surface area contributed by atoms with Crippen molar-refractivity contribution in [3.8, 4) is 11.5 Å². The number of hydrogen-bond acceptors (Lipinski definition) is 4. The molecule has 114 valence electrons. The number of rotatable bonds is 10. The maximum absolute atomic E-state index is 5.57. The van der Waals surface area contributed by atoms with E-state index in [2.05, 4.69) is 19.2 Å².